The summed E-state index contributed by atoms with van der Waals surface area (Å²) < 4.78 is 1.82. The summed E-state index contributed by atoms with van der Waals surface area (Å²) in [5.74, 6) is 1.41. The number of likely N-dealkylation sites (N-methyl/N-ethyl adjacent to an activating group) is 1. The second-order valence-corrected chi connectivity index (χ2v) is 7.19. The SMILES string of the molecule is CN(C)C(=O)CN=C(NCc1cccs1)N(C)Cc1ncc(Cl)n1C.I. The highest BCUT2D eigenvalue weighted by Gasteiger charge is 2.13. The van der Waals surface area contributed by atoms with Crippen molar-refractivity contribution in [3.8, 4) is 0 Å². The van der Waals surface area contributed by atoms with Crippen molar-refractivity contribution in [2.24, 2.45) is 12.0 Å². The highest BCUT2D eigenvalue weighted by atomic mass is 127. The van der Waals surface area contributed by atoms with E-state index in [1.165, 1.54) is 9.78 Å². The average Bonchev–Trinajstić information content (AvgIpc) is 3.20. The highest BCUT2D eigenvalue weighted by molar-refractivity contribution is 14.0. The van der Waals surface area contributed by atoms with Gasteiger partial charge in [-0.2, -0.15) is 0 Å². The molecule has 0 fully saturated rings. The molecule has 2 aromatic heterocycles. The lowest BCUT2D eigenvalue weighted by Crippen LogP contribution is -2.39. The Morgan fingerprint density at radius 2 is 2.15 bits per heavy atom. The van der Waals surface area contributed by atoms with E-state index >= 15 is 0 Å². The van der Waals surface area contributed by atoms with Crippen molar-refractivity contribution < 1.29 is 4.79 Å². The average molecular weight is 511 g/mol. The summed E-state index contributed by atoms with van der Waals surface area (Å²) in [5, 5.41) is 5.92. The number of amides is 1. The molecular formula is C16H24ClIN6OS. The Labute approximate surface area is 180 Å². The molecule has 0 aliphatic heterocycles. The molecule has 1 N–H and O–H groups in total. The van der Waals surface area contributed by atoms with Crippen molar-refractivity contribution in [1.82, 2.24) is 24.7 Å². The Balaban J connectivity index is 0.00000338. The standard InChI is InChI=1S/C16H23ClN6OS.HI/c1-21(2)15(24)10-20-16(19-8-12-6-5-7-25-12)22(3)11-14-18-9-13(17)23(14)4;/h5-7,9H,8,10-11H2,1-4H3,(H,19,20);1H. The number of rotatable bonds is 6. The molecule has 26 heavy (non-hydrogen) atoms. The van der Waals surface area contributed by atoms with Crippen molar-refractivity contribution in [3.05, 3.63) is 39.6 Å². The molecule has 0 spiro atoms. The van der Waals surface area contributed by atoms with Crippen molar-refractivity contribution in [2.75, 3.05) is 27.7 Å². The number of thiophene rings is 1. The summed E-state index contributed by atoms with van der Waals surface area (Å²) in [7, 11) is 7.21. The topological polar surface area (TPSA) is 65.8 Å². The number of nitrogens with one attached hydrogen (secondary N) is 1. The summed E-state index contributed by atoms with van der Waals surface area (Å²) >= 11 is 7.72. The number of guanidine groups is 1. The Bertz CT molecular complexity index is 731. The fourth-order valence-corrected chi connectivity index (χ4v) is 2.82. The van der Waals surface area contributed by atoms with Gasteiger partial charge in [-0.3, -0.25) is 4.79 Å². The molecular weight excluding hydrogens is 487 g/mol. The first-order valence-electron chi connectivity index (χ1n) is 7.76. The number of hydrogen-bond acceptors (Lipinski definition) is 4. The minimum absolute atomic E-state index is 0. The molecule has 0 aromatic carbocycles. The number of carbonyl (C=O) groups is 1. The van der Waals surface area contributed by atoms with Crippen LogP contribution < -0.4 is 5.32 Å². The van der Waals surface area contributed by atoms with Crippen LogP contribution in [0.15, 0.2) is 28.7 Å². The predicted molar refractivity (Wildman–Crippen MR) is 117 cm³/mol. The maximum Gasteiger partial charge on any atom is 0.243 e. The van der Waals surface area contributed by atoms with Crippen LogP contribution in [0.3, 0.4) is 0 Å². The highest BCUT2D eigenvalue weighted by Crippen LogP contribution is 2.11. The maximum absolute atomic E-state index is 11.9. The van der Waals surface area contributed by atoms with E-state index in [0.717, 1.165) is 5.82 Å². The molecule has 0 saturated carbocycles. The van der Waals surface area contributed by atoms with E-state index in [9.17, 15) is 4.79 Å². The van der Waals surface area contributed by atoms with Gasteiger partial charge in [0.1, 0.15) is 17.5 Å². The molecule has 1 amide bonds. The molecule has 2 heterocycles. The van der Waals surface area contributed by atoms with Crippen LogP contribution in [0.2, 0.25) is 5.15 Å². The quantitative estimate of drug-likeness (QED) is 0.368. The molecule has 10 heteroatoms. The molecule has 2 aromatic rings. The Kier molecular flexibility index (Phi) is 9.37. The minimum Gasteiger partial charge on any atom is -0.351 e. The van der Waals surface area contributed by atoms with Gasteiger partial charge in [-0.25, -0.2) is 9.98 Å². The van der Waals surface area contributed by atoms with Crippen LogP contribution in [0.1, 0.15) is 10.7 Å². The first-order chi connectivity index (χ1) is 11.9. The molecule has 7 nitrogen and oxygen atoms in total. The van der Waals surface area contributed by atoms with Crippen molar-refractivity contribution >= 4 is 58.8 Å². The second kappa shape index (κ2) is 10.7. The van der Waals surface area contributed by atoms with Crippen LogP contribution >= 0.6 is 46.9 Å². The van der Waals surface area contributed by atoms with Crippen LogP contribution in [0, 0.1) is 0 Å². The molecule has 0 aliphatic rings. The summed E-state index contributed by atoms with van der Waals surface area (Å²) in [6.45, 7) is 1.26. The van der Waals surface area contributed by atoms with Gasteiger partial charge in [0.25, 0.3) is 0 Å². The van der Waals surface area contributed by atoms with Crippen molar-refractivity contribution in [1.29, 1.82) is 0 Å². The maximum atomic E-state index is 11.9. The van der Waals surface area contributed by atoms with E-state index < -0.39 is 0 Å². The molecule has 0 atom stereocenters. The van der Waals surface area contributed by atoms with Gasteiger partial charge in [0.2, 0.25) is 5.91 Å². The third kappa shape index (κ3) is 6.44. The molecule has 0 unspecified atom stereocenters. The number of carbonyl (C=O) groups excluding carboxylic acids is 1. The fraction of sp³-hybridized carbons (Fsp3) is 0.438. The summed E-state index contributed by atoms with van der Waals surface area (Å²) in [4.78, 5) is 25.3. The van der Waals surface area contributed by atoms with Crippen molar-refractivity contribution in [3.63, 3.8) is 0 Å². The fourth-order valence-electron chi connectivity index (χ4n) is 2.03. The lowest BCUT2D eigenvalue weighted by Gasteiger charge is -2.22. The van der Waals surface area contributed by atoms with E-state index in [0.29, 0.717) is 24.2 Å². The summed E-state index contributed by atoms with van der Waals surface area (Å²) in [6, 6.07) is 4.06. The van der Waals surface area contributed by atoms with E-state index in [1.54, 1.807) is 31.6 Å². The zero-order valence-electron chi connectivity index (χ0n) is 15.3. The van der Waals surface area contributed by atoms with Gasteiger partial charge in [-0.15, -0.1) is 35.3 Å². The van der Waals surface area contributed by atoms with Crippen LogP contribution in [0.5, 0.6) is 0 Å². The minimum atomic E-state index is -0.0520. The van der Waals surface area contributed by atoms with Crippen LogP contribution in [0.25, 0.3) is 0 Å². The number of hydrogen-bond donors (Lipinski definition) is 1. The van der Waals surface area contributed by atoms with E-state index in [2.05, 4.69) is 21.4 Å². The molecule has 2 rings (SSSR count). The number of nitrogens with zero attached hydrogens (tertiary/aromatic N) is 5. The van der Waals surface area contributed by atoms with E-state index in [4.69, 9.17) is 11.6 Å². The van der Waals surface area contributed by atoms with Crippen molar-refractivity contribution in [2.45, 2.75) is 13.1 Å². The van der Waals surface area contributed by atoms with Crippen LogP contribution in [-0.2, 0) is 24.9 Å². The second-order valence-electron chi connectivity index (χ2n) is 5.77. The third-order valence-electron chi connectivity index (χ3n) is 3.63. The lowest BCUT2D eigenvalue weighted by atomic mass is 10.4. The molecule has 144 valence electrons. The van der Waals surface area contributed by atoms with Gasteiger partial charge >= 0.3 is 0 Å². The molecule has 0 bridgehead atoms. The Morgan fingerprint density at radius 3 is 2.69 bits per heavy atom. The summed E-state index contributed by atoms with van der Waals surface area (Å²) in [6.07, 6.45) is 1.62. The van der Waals surface area contributed by atoms with Gasteiger partial charge in [-0.05, 0) is 11.4 Å². The van der Waals surface area contributed by atoms with E-state index in [-0.39, 0.29) is 36.4 Å². The molecule has 0 aliphatic carbocycles. The zero-order chi connectivity index (χ0) is 18.4. The number of aromatic nitrogens is 2. The van der Waals surface area contributed by atoms with Gasteiger partial charge in [0.15, 0.2) is 5.96 Å². The van der Waals surface area contributed by atoms with E-state index in [1.807, 2.05) is 35.0 Å². The summed E-state index contributed by atoms with van der Waals surface area (Å²) in [5.41, 5.74) is 0. The van der Waals surface area contributed by atoms with Gasteiger partial charge in [0, 0.05) is 33.1 Å². The van der Waals surface area contributed by atoms with Gasteiger partial charge in [0.05, 0.1) is 19.3 Å². The first kappa shape index (κ1) is 22.7. The molecule has 0 saturated heterocycles. The van der Waals surface area contributed by atoms with Gasteiger partial charge < -0.3 is 19.7 Å². The zero-order valence-corrected chi connectivity index (χ0v) is 19.2. The number of imidazole rings is 1. The Morgan fingerprint density at radius 1 is 1.42 bits per heavy atom. The number of aliphatic imine (C=N–C) groups is 1. The monoisotopic (exact) mass is 510 g/mol. The van der Waals surface area contributed by atoms with Crippen LogP contribution in [0.4, 0.5) is 0 Å². The first-order valence-corrected chi connectivity index (χ1v) is 9.02. The van der Waals surface area contributed by atoms with Crippen LogP contribution in [-0.4, -0.2) is 58.9 Å². The lowest BCUT2D eigenvalue weighted by molar-refractivity contribution is -0.127. The normalized spacial score (nSPS) is 11.0. The number of halogens is 2. The third-order valence-corrected chi connectivity index (χ3v) is 4.86. The predicted octanol–water partition coefficient (Wildman–Crippen LogP) is 2.42. The smallest absolute Gasteiger partial charge is 0.243 e. The largest absolute Gasteiger partial charge is 0.351 e. The molecule has 0 radical (unpaired) electrons. The Hall–Kier alpha value is -1.33. The van der Waals surface area contributed by atoms with Gasteiger partial charge in [-0.1, -0.05) is 17.7 Å².